The second kappa shape index (κ2) is 7.22. The number of rotatable bonds is 4. The second-order valence-electron chi connectivity index (χ2n) is 5.24. The number of carbonyl (C=O) groups excluding carboxylic acids is 1. The summed E-state index contributed by atoms with van der Waals surface area (Å²) in [4.78, 5) is 19.2. The van der Waals surface area contributed by atoms with Crippen LogP contribution in [-0.4, -0.2) is 47.6 Å². The first-order valence-corrected chi connectivity index (χ1v) is 8.18. The predicted octanol–water partition coefficient (Wildman–Crippen LogP) is 2.92. The van der Waals surface area contributed by atoms with Crippen molar-refractivity contribution < 1.29 is 9.53 Å². The molecule has 2 rings (SSSR count). The third-order valence-electron chi connectivity index (χ3n) is 3.63. The Hall–Kier alpha value is -1.14. The zero-order chi connectivity index (χ0) is 15.4. The molecule has 1 aromatic heterocycles. The maximum absolute atomic E-state index is 12.9. The van der Waals surface area contributed by atoms with Gasteiger partial charge >= 0.3 is 0 Å². The fourth-order valence-corrected chi connectivity index (χ4v) is 2.83. The second-order valence-corrected chi connectivity index (χ2v) is 6.16. The number of aromatic nitrogens is 1. The fourth-order valence-electron chi connectivity index (χ4n) is 2.50. The van der Waals surface area contributed by atoms with Crippen LogP contribution in [0.3, 0.4) is 0 Å². The SMILES string of the molecule is CCNc1ncc(Br)cc1C(=O)N1CC(C)OCC1CC. The molecule has 0 saturated carbocycles. The van der Waals surface area contributed by atoms with Crippen molar-refractivity contribution >= 4 is 27.7 Å². The Morgan fingerprint density at radius 2 is 2.33 bits per heavy atom. The third-order valence-corrected chi connectivity index (χ3v) is 4.06. The van der Waals surface area contributed by atoms with Gasteiger partial charge in [-0.25, -0.2) is 4.98 Å². The number of hydrogen-bond acceptors (Lipinski definition) is 4. The summed E-state index contributed by atoms with van der Waals surface area (Å²) in [5.41, 5.74) is 0.610. The molecule has 0 aromatic carbocycles. The molecule has 2 unspecified atom stereocenters. The number of amides is 1. The molecular weight excluding hydrogens is 334 g/mol. The fraction of sp³-hybridized carbons (Fsp3) is 0.600. The highest BCUT2D eigenvalue weighted by molar-refractivity contribution is 9.10. The molecule has 1 aromatic rings. The van der Waals surface area contributed by atoms with Crippen molar-refractivity contribution in [3.8, 4) is 0 Å². The smallest absolute Gasteiger partial charge is 0.258 e. The molecule has 1 saturated heterocycles. The number of hydrogen-bond donors (Lipinski definition) is 1. The lowest BCUT2D eigenvalue weighted by atomic mass is 10.1. The summed E-state index contributed by atoms with van der Waals surface area (Å²) >= 11 is 3.40. The van der Waals surface area contributed by atoms with Crippen molar-refractivity contribution in [2.75, 3.05) is 25.0 Å². The van der Waals surface area contributed by atoms with Gasteiger partial charge in [-0.15, -0.1) is 0 Å². The number of morpholine rings is 1. The summed E-state index contributed by atoms with van der Waals surface area (Å²) in [6, 6.07) is 1.96. The highest BCUT2D eigenvalue weighted by Gasteiger charge is 2.31. The minimum absolute atomic E-state index is 0.0155. The summed E-state index contributed by atoms with van der Waals surface area (Å²) in [5, 5.41) is 3.16. The monoisotopic (exact) mass is 355 g/mol. The molecule has 0 aliphatic carbocycles. The summed E-state index contributed by atoms with van der Waals surface area (Å²) in [6.07, 6.45) is 2.66. The number of ether oxygens (including phenoxy) is 1. The minimum atomic E-state index is 0.0155. The quantitative estimate of drug-likeness (QED) is 0.901. The van der Waals surface area contributed by atoms with Crippen LogP contribution in [0.4, 0.5) is 5.82 Å². The van der Waals surface area contributed by atoms with E-state index in [1.54, 1.807) is 6.20 Å². The van der Waals surface area contributed by atoms with Crippen LogP contribution < -0.4 is 5.32 Å². The Morgan fingerprint density at radius 1 is 1.57 bits per heavy atom. The molecule has 1 aliphatic heterocycles. The van der Waals surface area contributed by atoms with Crippen LogP contribution in [0.25, 0.3) is 0 Å². The van der Waals surface area contributed by atoms with Gasteiger partial charge in [0.25, 0.3) is 5.91 Å². The van der Waals surface area contributed by atoms with Crippen molar-refractivity contribution in [3.05, 3.63) is 22.3 Å². The normalized spacial score (nSPS) is 22.2. The van der Waals surface area contributed by atoms with Crippen molar-refractivity contribution in [2.24, 2.45) is 0 Å². The molecule has 0 bridgehead atoms. The average molecular weight is 356 g/mol. The Kier molecular flexibility index (Phi) is 5.58. The highest BCUT2D eigenvalue weighted by Crippen LogP contribution is 2.23. The van der Waals surface area contributed by atoms with Crippen LogP contribution >= 0.6 is 15.9 Å². The highest BCUT2D eigenvalue weighted by atomic mass is 79.9. The molecule has 6 heteroatoms. The topological polar surface area (TPSA) is 54.5 Å². The van der Waals surface area contributed by atoms with E-state index in [-0.39, 0.29) is 18.1 Å². The Morgan fingerprint density at radius 3 is 3.00 bits per heavy atom. The molecule has 2 atom stereocenters. The van der Waals surface area contributed by atoms with E-state index in [0.717, 1.165) is 17.4 Å². The molecule has 0 spiro atoms. The first kappa shape index (κ1) is 16.2. The molecular formula is C15H22BrN3O2. The first-order chi connectivity index (χ1) is 10.1. The van der Waals surface area contributed by atoms with Crippen LogP contribution in [0.2, 0.25) is 0 Å². The number of nitrogens with zero attached hydrogens (tertiary/aromatic N) is 2. The molecule has 1 N–H and O–H groups in total. The average Bonchev–Trinajstić information content (AvgIpc) is 2.48. The molecule has 116 valence electrons. The van der Waals surface area contributed by atoms with Gasteiger partial charge in [-0.05, 0) is 42.3 Å². The maximum atomic E-state index is 12.9. The van der Waals surface area contributed by atoms with Crippen LogP contribution in [0.5, 0.6) is 0 Å². The van der Waals surface area contributed by atoms with E-state index in [4.69, 9.17) is 4.74 Å². The van der Waals surface area contributed by atoms with Gasteiger partial charge in [0.2, 0.25) is 0 Å². The van der Waals surface area contributed by atoms with E-state index in [1.165, 1.54) is 0 Å². The number of anilines is 1. The molecule has 2 heterocycles. The molecule has 0 radical (unpaired) electrons. The van der Waals surface area contributed by atoms with E-state index in [1.807, 2.05) is 24.8 Å². The van der Waals surface area contributed by atoms with Gasteiger partial charge < -0.3 is 15.0 Å². The third kappa shape index (κ3) is 3.74. The predicted molar refractivity (Wildman–Crippen MR) is 86.6 cm³/mol. The van der Waals surface area contributed by atoms with Crippen molar-refractivity contribution in [1.29, 1.82) is 0 Å². The van der Waals surface area contributed by atoms with Gasteiger partial charge in [-0.3, -0.25) is 4.79 Å². The Bertz CT molecular complexity index is 510. The summed E-state index contributed by atoms with van der Waals surface area (Å²) in [6.45, 7) is 8.01. The zero-order valence-corrected chi connectivity index (χ0v) is 14.3. The number of nitrogens with one attached hydrogen (secondary N) is 1. The van der Waals surface area contributed by atoms with Gasteiger partial charge in [0, 0.05) is 23.8 Å². The number of halogens is 1. The molecule has 21 heavy (non-hydrogen) atoms. The largest absolute Gasteiger partial charge is 0.375 e. The van der Waals surface area contributed by atoms with E-state index in [2.05, 4.69) is 33.2 Å². The first-order valence-electron chi connectivity index (χ1n) is 7.38. The van der Waals surface area contributed by atoms with E-state index < -0.39 is 0 Å². The van der Waals surface area contributed by atoms with E-state index in [9.17, 15) is 4.79 Å². The summed E-state index contributed by atoms with van der Waals surface area (Å²) in [7, 11) is 0. The van der Waals surface area contributed by atoms with Gasteiger partial charge in [0.1, 0.15) is 5.82 Å². The zero-order valence-electron chi connectivity index (χ0n) is 12.7. The lowest BCUT2D eigenvalue weighted by Crippen LogP contribution is -2.51. The molecule has 5 nitrogen and oxygen atoms in total. The molecule has 1 aliphatic rings. The van der Waals surface area contributed by atoms with Crippen LogP contribution in [-0.2, 0) is 4.74 Å². The van der Waals surface area contributed by atoms with Crippen LogP contribution in [0.1, 0.15) is 37.6 Å². The molecule has 1 fully saturated rings. The summed E-state index contributed by atoms with van der Waals surface area (Å²) < 4.78 is 6.47. The van der Waals surface area contributed by atoms with E-state index >= 15 is 0 Å². The van der Waals surface area contributed by atoms with Crippen molar-refractivity contribution in [3.63, 3.8) is 0 Å². The van der Waals surface area contributed by atoms with Crippen molar-refractivity contribution in [2.45, 2.75) is 39.3 Å². The Balaban J connectivity index is 2.31. The maximum Gasteiger partial charge on any atom is 0.258 e. The standard InChI is InChI=1S/C15H22BrN3O2/c1-4-12-9-21-10(3)8-19(12)15(20)13-6-11(16)7-18-14(13)17-5-2/h6-7,10,12H,4-5,8-9H2,1-3H3,(H,17,18). The Labute approximate surface area is 134 Å². The lowest BCUT2D eigenvalue weighted by Gasteiger charge is -2.38. The minimum Gasteiger partial charge on any atom is -0.375 e. The van der Waals surface area contributed by atoms with Crippen LogP contribution in [0, 0.1) is 0 Å². The van der Waals surface area contributed by atoms with Gasteiger partial charge in [0.05, 0.1) is 24.3 Å². The number of carbonyl (C=O) groups is 1. The van der Waals surface area contributed by atoms with Crippen molar-refractivity contribution in [1.82, 2.24) is 9.88 Å². The van der Waals surface area contributed by atoms with Crippen LogP contribution in [0.15, 0.2) is 16.7 Å². The van der Waals surface area contributed by atoms with Gasteiger partial charge in [-0.1, -0.05) is 6.92 Å². The number of pyridine rings is 1. The summed E-state index contributed by atoms with van der Waals surface area (Å²) in [5.74, 6) is 0.654. The van der Waals surface area contributed by atoms with E-state index in [0.29, 0.717) is 24.5 Å². The van der Waals surface area contributed by atoms with Gasteiger partial charge in [-0.2, -0.15) is 0 Å². The lowest BCUT2D eigenvalue weighted by molar-refractivity contribution is -0.0443. The molecule has 1 amide bonds. The van der Waals surface area contributed by atoms with Gasteiger partial charge in [0.15, 0.2) is 0 Å².